The number of nitrogens with zero attached hydrogens (tertiary/aromatic N) is 4. The van der Waals surface area contributed by atoms with Gasteiger partial charge in [0.15, 0.2) is 5.78 Å². The highest BCUT2D eigenvalue weighted by atomic mass is 19.3. The van der Waals surface area contributed by atoms with Gasteiger partial charge in [-0.3, -0.25) is 23.2 Å². The van der Waals surface area contributed by atoms with Crippen LogP contribution in [-0.4, -0.2) is 81.0 Å². The molecule has 61 heavy (non-hydrogen) atoms. The predicted molar refractivity (Wildman–Crippen MR) is 214 cm³/mol. The van der Waals surface area contributed by atoms with E-state index in [1.165, 1.54) is 33.3 Å². The van der Waals surface area contributed by atoms with E-state index in [1.54, 1.807) is 83.8 Å². The zero-order chi connectivity index (χ0) is 43.7. The first-order valence-corrected chi connectivity index (χ1v) is 19.2. The lowest BCUT2D eigenvalue weighted by Gasteiger charge is -2.18. The maximum Gasteiger partial charge on any atom is 0.387 e. The number of carbonyl (C=O) groups excluding carboxylic acids is 3. The monoisotopic (exact) mass is 846 g/mol. The van der Waals surface area contributed by atoms with Crippen LogP contribution in [-0.2, 0) is 5.60 Å². The number of ether oxygens (including phenoxy) is 4. The topological polar surface area (TPSA) is 167 Å². The van der Waals surface area contributed by atoms with Crippen molar-refractivity contribution in [3.63, 3.8) is 0 Å². The second kappa shape index (κ2) is 17.1. The number of ketones is 1. The van der Waals surface area contributed by atoms with E-state index in [1.807, 2.05) is 0 Å². The Labute approximate surface area is 346 Å². The van der Waals surface area contributed by atoms with Gasteiger partial charge in [0.2, 0.25) is 0 Å². The lowest BCUT2D eigenvalue weighted by atomic mass is 10.00. The number of pyridine rings is 2. The first-order valence-electron chi connectivity index (χ1n) is 19.2. The van der Waals surface area contributed by atoms with E-state index in [0.29, 0.717) is 44.9 Å². The molecule has 2 aliphatic rings. The third-order valence-electron chi connectivity index (χ3n) is 10.0. The molecule has 2 aromatic carbocycles. The van der Waals surface area contributed by atoms with E-state index in [0.717, 1.165) is 25.7 Å². The van der Waals surface area contributed by atoms with Gasteiger partial charge in [-0.2, -0.15) is 17.6 Å². The number of fused-ring (bicyclic) bond motifs is 2. The Morgan fingerprint density at radius 1 is 0.705 bits per heavy atom. The SMILES string of the molecule is COc1cc(-c2cnc3cc(C(C)(C)O)ccn23)cc(OC(F)F)c1C(=O)NC1CC1.COc1cc(-c2cnc3cc(C(C)=O)ccn23)cc(OC(F)F)c1C(=O)NC1CC1. The highest BCUT2D eigenvalue weighted by molar-refractivity contribution is 6.02. The molecule has 2 aliphatic carbocycles. The summed E-state index contributed by atoms with van der Waals surface area (Å²) in [6, 6.07) is 12.8. The molecule has 0 radical (unpaired) electrons. The van der Waals surface area contributed by atoms with Crippen molar-refractivity contribution in [1.82, 2.24) is 29.4 Å². The molecule has 2 fully saturated rings. The summed E-state index contributed by atoms with van der Waals surface area (Å²) in [5, 5.41) is 15.8. The minimum absolute atomic E-state index is 0.0375. The Morgan fingerprint density at radius 3 is 1.52 bits per heavy atom. The molecule has 4 aromatic heterocycles. The third-order valence-corrected chi connectivity index (χ3v) is 10.0. The molecule has 2 saturated carbocycles. The standard InChI is InChI=1S/C22H23F2N3O4.C21H19F2N3O4/c1-22(2,29)13-6-7-27-15(11-25-18(27)10-13)12-8-16(30-3)19(17(9-12)31-21(23)24)20(28)26-14-4-5-14;1-11(27)12-5-6-26-15(10-24-18(26)9-12)13-7-16(29-2)19(17(8-13)30-21(22)23)20(28)25-14-3-4-14/h6-11,14,21,29H,4-5H2,1-3H3,(H,26,28);5-10,14,21H,3-4H2,1-2H3,(H,25,28). The second-order valence-electron chi connectivity index (χ2n) is 15.0. The molecule has 4 heterocycles. The van der Waals surface area contributed by atoms with E-state index in [9.17, 15) is 37.1 Å². The first kappa shape index (κ1) is 42.4. The number of hydrogen-bond donors (Lipinski definition) is 3. The van der Waals surface area contributed by atoms with Crippen LogP contribution in [0.4, 0.5) is 17.6 Å². The van der Waals surface area contributed by atoms with Gasteiger partial charge in [-0.1, -0.05) is 0 Å². The summed E-state index contributed by atoms with van der Waals surface area (Å²) >= 11 is 0. The van der Waals surface area contributed by atoms with Gasteiger partial charge < -0.3 is 34.7 Å². The highest BCUT2D eigenvalue weighted by Gasteiger charge is 2.31. The molecule has 8 rings (SSSR count). The van der Waals surface area contributed by atoms with Crippen LogP contribution in [0.5, 0.6) is 23.0 Å². The van der Waals surface area contributed by atoms with Crippen LogP contribution in [0.3, 0.4) is 0 Å². The van der Waals surface area contributed by atoms with Gasteiger partial charge in [-0.25, -0.2) is 9.97 Å². The van der Waals surface area contributed by atoms with Gasteiger partial charge in [-0.15, -0.1) is 0 Å². The van der Waals surface area contributed by atoms with Crippen molar-refractivity contribution in [3.8, 4) is 45.5 Å². The van der Waals surface area contributed by atoms with Crippen molar-refractivity contribution >= 4 is 28.9 Å². The maximum atomic E-state index is 13.1. The maximum absolute atomic E-state index is 13.1. The van der Waals surface area contributed by atoms with Crippen molar-refractivity contribution in [2.75, 3.05) is 14.2 Å². The Hall–Kier alpha value is -6.69. The summed E-state index contributed by atoms with van der Waals surface area (Å²) in [6.07, 6.45) is 9.93. The van der Waals surface area contributed by atoms with E-state index in [4.69, 9.17) is 9.47 Å². The number of methoxy groups -OCH3 is 2. The van der Waals surface area contributed by atoms with Crippen molar-refractivity contribution in [3.05, 3.63) is 95.6 Å². The van der Waals surface area contributed by atoms with Crippen molar-refractivity contribution in [2.24, 2.45) is 0 Å². The zero-order valence-electron chi connectivity index (χ0n) is 33.7. The first-order chi connectivity index (χ1) is 29.0. The van der Waals surface area contributed by atoms with Gasteiger partial charge in [0, 0.05) is 41.2 Å². The number of aliphatic hydroxyl groups is 1. The molecule has 0 bridgehead atoms. The predicted octanol–water partition coefficient (Wildman–Crippen LogP) is 7.44. The summed E-state index contributed by atoms with van der Waals surface area (Å²) in [5.74, 6) is -1.47. The molecule has 18 heteroatoms. The molecule has 14 nitrogen and oxygen atoms in total. The van der Waals surface area contributed by atoms with Crippen molar-refractivity contribution in [1.29, 1.82) is 0 Å². The number of benzene rings is 2. The smallest absolute Gasteiger partial charge is 0.387 e. The molecule has 3 N–H and O–H groups in total. The number of alkyl halides is 4. The Morgan fingerprint density at radius 2 is 1.13 bits per heavy atom. The van der Waals surface area contributed by atoms with Crippen molar-refractivity contribution in [2.45, 2.75) is 77.4 Å². The Kier molecular flexibility index (Phi) is 11.9. The largest absolute Gasteiger partial charge is 0.496 e. The van der Waals surface area contributed by atoms with Gasteiger partial charge in [0.05, 0.1) is 43.6 Å². The van der Waals surface area contributed by atoms with Gasteiger partial charge in [0.1, 0.15) is 45.4 Å². The summed E-state index contributed by atoms with van der Waals surface area (Å²) in [6.45, 7) is -1.42. The number of carbonyl (C=O) groups is 3. The lowest BCUT2D eigenvalue weighted by molar-refractivity contribution is -0.0509. The number of rotatable bonds is 14. The molecule has 0 saturated heterocycles. The number of hydrogen-bond acceptors (Lipinski definition) is 10. The normalized spacial score (nSPS) is 13.8. The molecule has 6 aromatic rings. The molecule has 0 spiro atoms. The fraction of sp³-hybridized carbons (Fsp3) is 0.326. The van der Waals surface area contributed by atoms with E-state index in [2.05, 4.69) is 30.1 Å². The van der Waals surface area contributed by atoms with Crippen LogP contribution in [0.15, 0.2) is 73.3 Å². The van der Waals surface area contributed by atoms with Crippen LogP contribution < -0.4 is 29.6 Å². The number of nitrogens with one attached hydrogen (secondary N) is 2. The molecule has 2 amide bonds. The average Bonchev–Trinajstić information content (AvgIpc) is 4.12. The molecule has 0 unspecified atom stereocenters. The molecule has 0 atom stereocenters. The fourth-order valence-electron chi connectivity index (χ4n) is 6.58. The van der Waals surface area contributed by atoms with Gasteiger partial charge in [-0.05, 0) is 101 Å². The minimum Gasteiger partial charge on any atom is -0.496 e. The second-order valence-corrected chi connectivity index (χ2v) is 15.0. The van der Waals surface area contributed by atoms with Crippen LogP contribution in [0.25, 0.3) is 33.8 Å². The van der Waals surface area contributed by atoms with E-state index in [-0.39, 0.29) is 52.0 Å². The van der Waals surface area contributed by atoms with Crippen LogP contribution >= 0.6 is 0 Å². The molecule has 0 aliphatic heterocycles. The van der Waals surface area contributed by atoms with Gasteiger partial charge >= 0.3 is 13.2 Å². The number of amides is 2. The summed E-state index contributed by atoms with van der Waals surface area (Å²) < 4.78 is 75.9. The van der Waals surface area contributed by atoms with Gasteiger partial charge in [0.25, 0.3) is 11.8 Å². The van der Waals surface area contributed by atoms with E-state index >= 15 is 0 Å². The lowest BCUT2D eigenvalue weighted by Crippen LogP contribution is -2.26. The van der Waals surface area contributed by atoms with Crippen molar-refractivity contribution < 1.29 is 56.0 Å². The van der Waals surface area contributed by atoms with Crippen LogP contribution in [0.1, 0.15) is 83.1 Å². The average molecular weight is 847 g/mol. The van der Waals surface area contributed by atoms with Crippen LogP contribution in [0, 0.1) is 0 Å². The summed E-state index contributed by atoms with van der Waals surface area (Å²) in [5.41, 5.74) is 3.19. The number of Topliss-reactive ketones (excluding diaryl/α,β-unsaturated/α-hetero) is 1. The third kappa shape index (κ3) is 9.54. The number of aromatic nitrogens is 4. The number of imidazole rings is 2. The Balaban J connectivity index is 0.000000184. The highest BCUT2D eigenvalue weighted by Crippen LogP contribution is 2.39. The molecular formula is C43H42F4N6O8. The Bertz CT molecular complexity index is 2630. The quantitative estimate of drug-likeness (QED) is 0.0741. The summed E-state index contributed by atoms with van der Waals surface area (Å²) in [4.78, 5) is 45.5. The zero-order valence-corrected chi connectivity index (χ0v) is 33.7. The van der Waals surface area contributed by atoms with E-state index < -0.39 is 30.6 Å². The molecular weight excluding hydrogens is 804 g/mol. The summed E-state index contributed by atoms with van der Waals surface area (Å²) in [7, 11) is 2.72. The number of halogens is 4. The van der Waals surface area contributed by atoms with Crippen LogP contribution in [0.2, 0.25) is 0 Å². The molecule has 320 valence electrons. The minimum atomic E-state index is -3.11. The fourth-order valence-corrected chi connectivity index (χ4v) is 6.58.